The summed E-state index contributed by atoms with van der Waals surface area (Å²) in [6.07, 6.45) is 3.52. The molecule has 1 saturated carbocycles. The second kappa shape index (κ2) is 4.42. The zero-order chi connectivity index (χ0) is 10.9. The van der Waals surface area contributed by atoms with Crippen molar-refractivity contribution in [3.8, 4) is 0 Å². The Morgan fingerprint density at radius 3 is 2.67 bits per heavy atom. The average molecular weight is 246 g/mol. The Morgan fingerprint density at radius 1 is 1.53 bits per heavy atom. The molecule has 1 aromatic heterocycles. The largest absolute Gasteiger partial charge is 0.393 e. The lowest BCUT2D eigenvalue weighted by Gasteiger charge is -2.37. The van der Waals surface area contributed by atoms with Gasteiger partial charge in [0.25, 0.3) is 0 Å². The van der Waals surface area contributed by atoms with Crippen molar-refractivity contribution in [1.82, 2.24) is 0 Å². The third-order valence-corrected chi connectivity index (χ3v) is 4.92. The number of aliphatic hydroxyl groups excluding tert-OH is 1. The molecule has 0 amide bonds. The van der Waals surface area contributed by atoms with Gasteiger partial charge in [-0.25, -0.2) is 0 Å². The summed E-state index contributed by atoms with van der Waals surface area (Å²) in [6, 6.07) is 2.02. The van der Waals surface area contributed by atoms with Crippen LogP contribution in [0.1, 0.15) is 30.6 Å². The quantitative estimate of drug-likeness (QED) is 0.841. The van der Waals surface area contributed by atoms with Gasteiger partial charge < -0.3 is 10.8 Å². The van der Waals surface area contributed by atoms with Crippen molar-refractivity contribution in [3.05, 3.63) is 21.3 Å². The van der Waals surface area contributed by atoms with Crippen LogP contribution in [0.15, 0.2) is 11.4 Å². The predicted octanol–water partition coefficient (Wildman–Crippen LogP) is 2.53. The van der Waals surface area contributed by atoms with Gasteiger partial charge >= 0.3 is 0 Å². The lowest BCUT2D eigenvalue weighted by Crippen LogP contribution is -2.39. The highest BCUT2D eigenvalue weighted by Gasteiger charge is 2.36. The van der Waals surface area contributed by atoms with E-state index in [1.54, 1.807) is 11.3 Å². The second-order valence-corrected chi connectivity index (χ2v) is 5.69. The molecule has 0 bridgehead atoms. The number of nitrogens with two attached hydrogens (primary N) is 1. The van der Waals surface area contributed by atoms with E-state index in [-0.39, 0.29) is 11.5 Å². The molecule has 1 aromatic rings. The molecule has 1 fully saturated rings. The molecule has 0 aliphatic heterocycles. The smallest absolute Gasteiger partial charge is 0.0541 e. The molecule has 3 N–H and O–H groups in total. The highest BCUT2D eigenvalue weighted by molar-refractivity contribution is 7.10. The molecule has 0 unspecified atom stereocenters. The zero-order valence-electron chi connectivity index (χ0n) is 8.58. The van der Waals surface area contributed by atoms with Crippen molar-refractivity contribution in [2.75, 3.05) is 6.54 Å². The molecule has 0 spiro atoms. The summed E-state index contributed by atoms with van der Waals surface area (Å²) in [5.74, 6) is 0. The fourth-order valence-electron chi connectivity index (χ4n) is 2.30. The molecule has 2 nitrogen and oxygen atoms in total. The van der Waals surface area contributed by atoms with Crippen LogP contribution in [-0.2, 0) is 5.41 Å². The first-order valence-corrected chi connectivity index (χ1v) is 6.55. The molecule has 0 atom stereocenters. The Kier molecular flexibility index (Phi) is 3.36. The minimum absolute atomic E-state index is 0.0665. The molecule has 1 aliphatic rings. The molecule has 1 heterocycles. The van der Waals surface area contributed by atoms with Crippen LogP contribution in [0, 0.1) is 0 Å². The van der Waals surface area contributed by atoms with Crippen LogP contribution in [0.5, 0.6) is 0 Å². The van der Waals surface area contributed by atoms with Crippen LogP contribution in [0.2, 0.25) is 5.02 Å². The van der Waals surface area contributed by atoms with Gasteiger partial charge in [-0.05, 0) is 31.7 Å². The first kappa shape index (κ1) is 11.4. The maximum Gasteiger partial charge on any atom is 0.0541 e. The molecular weight excluding hydrogens is 230 g/mol. The summed E-state index contributed by atoms with van der Waals surface area (Å²) in [5, 5.41) is 12.3. The maximum atomic E-state index is 9.53. The fourth-order valence-corrected chi connectivity index (χ4v) is 3.64. The van der Waals surface area contributed by atoms with Crippen LogP contribution in [-0.4, -0.2) is 17.8 Å². The third kappa shape index (κ3) is 2.21. The molecule has 0 aromatic carbocycles. The SMILES string of the molecule is NCC1(c2cc(Cl)cs2)CCC(O)CC1. The summed E-state index contributed by atoms with van der Waals surface area (Å²) in [6.45, 7) is 0.649. The molecule has 0 radical (unpaired) electrons. The zero-order valence-corrected chi connectivity index (χ0v) is 10.2. The standard InChI is InChI=1S/C11H16ClNOS/c12-8-5-10(15-6-8)11(7-13)3-1-9(14)2-4-11/h5-6,9,14H,1-4,7,13H2. The van der Waals surface area contributed by atoms with Crippen molar-refractivity contribution in [1.29, 1.82) is 0 Å². The van der Waals surface area contributed by atoms with E-state index < -0.39 is 0 Å². The van der Waals surface area contributed by atoms with Gasteiger partial charge in [0.05, 0.1) is 11.1 Å². The topological polar surface area (TPSA) is 46.2 Å². The molecule has 15 heavy (non-hydrogen) atoms. The highest BCUT2D eigenvalue weighted by atomic mass is 35.5. The Bertz CT molecular complexity index is 331. The Hall–Kier alpha value is -0.0900. The molecule has 2 rings (SSSR count). The lowest BCUT2D eigenvalue weighted by atomic mass is 9.72. The lowest BCUT2D eigenvalue weighted by molar-refractivity contribution is 0.0985. The van der Waals surface area contributed by atoms with Crippen LogP contribution in [0.4, 0.5) is 0 Å². The summed E-state index contributed by atoms with van der Waals surface area (Å²) in [4.78, 5) is 1.28. The molecule has 4 heteroatoms. The first-order valence-electron chi connectivity index (χ1n) is 5.29. The van der Waals surface area contributed by atoms with E-state index in [1.165, 1.54) is 4.88 Å². The van der Waals surface area contributed by atoms with Gasteiger partial charge in [-0.3, -0.25) is 0 Å². The minimum Gasteiger partial charge on any atom is -0.393 e. The maximum absolute atomic E-state index is 9.53. The van der Waals surface area contributed by atoms with Crippen LogP contribution >= 0.6 is 22.9 Å². The van der Waals surface area contributed by atoms with Crippen LogP contribution < -0.4 is 5.73 Å². The van der Waals surface area contributed by atoms with E-state index in [1.807, 2.05) is 11.4 Å². The number of aliphatic hydroxyl groups is 1. The number of hydrogen-bond donors (Lipinski definition) is 2. The fraction of sp³-hybridized carbons (Fsp3) is 0.636. The molecular formula is C11H16ClNOS. The van der Waals surface area contributed by atoms with Gasteiger partial charge in [-0.15, -0.1) is 11.3 Å². The van der Waals surface area contributed by atoms with Gasteiger partial charge in [0.1, 0.15) is 0 Å². The molecule has 1 aliphatic carbocycles. The highest BCUT2D eigenvalue weighted by Crippen LogP contribution is 2.42. The Balaban J connectivity index is 2.22. The van der Waals surface area contributed by atoms with Gasteiger partial charge in [0.15, 0.2) is 0 Å². The van der Waals surface area contributed by atoms with Crippen molar-refractivity contribution >= 4 is 22.9 Å². The van der Waals surface area contributed by atoms with Gasteiger partial charge in [0.2, 0.25) is 0 Å². The van der Waals surface area contributed by atoms with Crippen molar-refractivity contribution in [2.45, 2.75) is 37.2 Å². The number of hydrogen-bond acceptors (Lipinski definition) is 3. The summed E-state index contributed by atoms with van der Waals surface area (Å²) < 4.78 is 0. The van der Waals surface area contributed by atoms with Gasteiger partial charge in [0, 0.05) is 22.2 Å². The van der Waals surface area contributed by atoms with Gasteiger partial charge in [-0.2, -0.15) is 0 Å². The Labute approximate surface area is 99.1 Å². The number of rotatable bonds is 2. The van der Waals surface area contributed by atoms with E-state index in [0.29, 0.717) is 6.54 Å². The van der Waals surface area contributed by atoms with Crippen LogP contribution in [0.25, 0.3) is 0 Å². The Morgan fingerprint density at radius 2 is 2.20 bits per heavy atom. The molecule has 0 saturated heterocycles. The average Bonchev–Trinajstić information content (AvgIpc) is 2.67. The van der Waals surface area contributed by atoms with Crippen molar-refractivity contribution < 1.29 is 5.11 Å². The van der Waals surface area contributed by atoms with E-state index in [0.717, 1.165) is 30.7 Å². The van der Waals surface area contributed by atoms with Crippen molar-refractivity contribution in [3.63, 3.8) is 0 Å². The second-order valence-electron chi connectivity index (χ2n) is 4.34. The van der Waals surface area contributed by atoms with E-state index in [4.69, 9.17) is 17.3 Å². The van der Waals surface area contributed by atoms with E-state index in [2.05, 4.69) is 0 Å². The predicted molar refractivity (Wildman–Crippen MR) is 64.5 cm³/mol. The van der Waals surface area contributed by atoms with Gasteiger partial charge in [-0.1, -0.05) is 11.6 Å². The van der Waals surface area contributed by atoms with Crippen LogP contribution in [0.3, 0.4) is 0 Å². The summed E-state index contributed by atoms with van der Waals surface area (Å²) in [5.41, 5.74) is 5.97. The summed E-state index contributed by atoms with van der Waals surface area (Å²) >= 11 is 7.63. The van der Waals surface area contributed by atoms with Crippen molar-refractivity contribution in [2.24, 2.45) is 5.73 Å². The van der Waals surface area contributed by atoms with E-state index in [9.17, 15) is 5.11 Å². The minimum atomic E-state index is -0.139. The normalized spacial score (nSPS) is 31.8. The van der Waals surface area contributed by atoms with E-state index >= 15 is 0 Å². The summed E-state index contributed by atoms with van der Waals surface area (Å²) in [7, 11) is 0. The number of thiophene rings is 1. The molecule has 84 valence electrons. The third-order valence-electron chi connectivity index (χ3n) is 3.39. The first-order chi connectivity index (χ1) is 7.16. The monoisotopic (exact) mass is 245 g/mol. The number of halogens is 1.